The molecular weight excluding hydrogens is 480 g/mol. The van der Waals surface area contributed by atoms with Crippen LogP contribution >= 0.6 is 0 Å². The van der Waals surface area contributed by atoms with Crippen LogP contribution in [0.2, 0.25) is 0 Å². The summed E-state index contributed by atoms with van der Waals surface area (Å²) in [7, 11) is 0. The summed E-state index contributed by atoms with van der Waals surface area (Å²) in [5, 5.41) is 16.2. The number of carbonyl (C=O) groups is 1. The first-order valence-electron chi connectivity index (χ1n) is 12.6. The Morgan fingerprint density at radius 3 is 2.66 bits per heavy atom. The Morgan fingerprint density at radius 1 is 1.13 bits per heavy atom. The highest BCUT2D eigenvalue weighted by atomic mass is 16.5. The van der Waals surface area contributed by atoms with E-state index in [1.54, 1.807) is 10.7 Å². The van der Waals surface area contributed by atoms with Gasteiger partial charge < -0.3 is 14.6 Å². The van der Waals surface area contributed by atoms with Crippen molar-refractivity contribution in [2.24, 2.45) is 0 Å². The van der Waals surface area contributed by atoms with Crippen LogP contribution in [-0.4, -0.2) is 42.9 Å². The van der Waals surface area contributed by atoms with Crippen molar-refractivity contribution >= 4 is 22.5 Å². The number of hydrogen-bond donors (Lipinski definition) is 1. The molecule has 8 nitrogen and oxygen atoms in total. The normalized spacial score (nSPS) is 14.0. The van der Waals surface area contributed by atoms with E-state index >= 15 is 0 Å². The summed E-state index contributed by atoms with van der Waals surface area (Å²) in [6, 6.07) is 17.6. The minimum atomic E-state index is -1.27. The minimum absolute atomic E-state index is 0.446. The van der Waals surface area contributed by atoms with E-state index in [1.807, 2.05) is 82.3 Å². The van der Waals surface area contributed by atoms with Crippen LogP contribution in [0.15, 0.2) is 60.8 Å². The van der Waals surface area contributed by atoms with Crippen LogP contribution in [0, 0.1) is 6.92 Å². The maximum absolute atomic E-state index is 12.7. The molecule has 2 aromatic carbocycles. The Bertz CT molecular complexity index is 1690. The van der Waals surface area contributed by atoms with Crippen LogP contribution < -0.4 is 4.74 Å². The van der Waals surface area contributed by atoms with Crippen molar-refractivity contribution in [2.45, 2.75) is 45.8 Å². The molecule has 1 unspecified atom stereocenters. The minimum Gasteiger partial charge on any atom is -0.493 e. The zero-order chi connectivity index (χ0) is 26.6. The second-order valence-electron chi connectivity index (χ2n) is 10.5. The molecule has 0 aliphatic carbocycles. The van der Waals surface area contributed by atoms with Gasteiger partial charge in [0.25, 0.3) is 0 Å². The number of aliphatic carboxylic acids is 1. The number of carboxylic acid groups (broad SMARTS) is 1. The van der Waals surface area contributed by atoms with Gasteiger partial charge in [0.2, 0.25) is 0 Å². The van der Waals surface area contributed by atoms with Crippen molar-refractivity contribution in [1.82, 2.24) is 19.6 Å². The molecule has 0 radical (unpaired) electrons. The summed E-state index contributed by atoms with van der Waals surface area (Å²) < 4.78 is 13.8. The highest BCUT2D eigenvalue weighted by Gasteiger charge is 2.34. The van der Waals surface area contributed by atoms with E-state index in [0.29, 0.717) is 29.2 Å². The number of carboxylic acids is 1. The quantitative estimate of drug-likeness (QED) is 0.321. The second-order valence-corrected chi connectivity index (χ2v) is 10.5. The zero-order valence-corrected chi connectivity index (χ0v) is 21.7. The topological polar surface area (TPSA) is 98.8 Å². The predicted molar refractivity (Wildman–Crippen MR) is 144 cm³/mol. The summed E-state index contributed by atoms with van der Waals surface area (Å²) >= 11 is 0. The summed E-state index contributed by atoms with van der Waals surface area (Å²) in [6.45, 7) is 7.94. The monoisotopic (exact) mass is 508 g/mol. The standard InChI is InChI=1S/C30H28N4O4/c1-17-24(28(29(35)36)38-30(2,3)4)27(34-23(32-17)16-21(33-34)18-8-6-5-7-9-18)20-10-11-22-25-19(13-15-37-22)12-14-31-26(20)25/h5-12,14,16,28H,13,15H2,1-4H3,(H,35,36). The number of ether oxygens (including phenoxy) is 2. The van der Waals surface area contributed by atoms with Gasteiger partial charge in [-0.1, -0.05) is 30.3 Å². The molecule has 1 N–H and O–H groups in total. The Morgan fingerprint density at radius 2 is 1.92 bits per heavy atom. The van der Waals surface area contributed by atoms with Gasteiger partial charge in [0.05, 0.1) is 29.1 Å². The first-order chi connectivity index (χ1) is 18.2. The molecule has 0 bridgehead atoms. The molecule has 1 aliphatic heterocycles. The molecule has 1 aliphatic rings. The Kier molecular flexibility index (Phi) is 5.65. The van der Waals surface area contributed by atoms with Crippen molar-refractivity contribution < 1.29 is 19.4 Å². The molecule has 0 fully saturated rings. The Labute approximate surface area is 219 Å². The van der Waals surface area contributed by atoms with Crippen molar-refractivity contribution in [2.75, 3.05) is 6.61 Å². The molecule has 0 saturated heterocycles. The summed E-state index contributed by atoms with van der Waals surface area (Å²) in [6.07, 6.45) is 1.30. The summed E-state index contributed by atoms with van der Waals surface area (Å²) in [5.41, 5.74) is 5.77. The fourth-order valence-electron chi connectivity index (χ4n) is 5.14. The third kappa shape index (κ3) is 4.07. The molecule has 6 rings (SSSR count). The Hall–Kier alpha value is -4.30. The number of aromatic nitrogens is 4. The molecule has 38 heavy (non-hydrogen) atoms. The molecule has 8 heteroatoms. The predicted octanol–water partition coefficient (Wildman–Crippen LogP) is 5.80. The van der Waals surface area contributed by atoms with Gasteiger partial charge in [0.1, 0.15) is 5.75 Å². The molecule has 0 spiro atoms. The van der Waals surface area contributed by atoms with Crippen molar-refractivity contribution in [1.29, 1.82) is 0 Å². The summed E-state index contributed by atoms with van der Waals surface area (Å²) in [4.78, 5) is 22.2. The maximum atomic E-state index is 12.7. The highest BCUT2D eigenvalue weighted by Crippen LogP contribution is 2.42. The van der Waals surface area contributed by atoms with Crippen LogP contribution in [0.25, 0.3) is 39.1 Å². The molecule has 1 atom stereocenters. The van der Waals surface area contributed by atoms with Crippen LogP contribution in [0.4, 0.5) is 0 Å². The molecule has 192 valence electrons. The van der Waals surface area contributed by atoms with Crippen LogP contribution in [0.5, 0.6) is 5.75 Å². The van der Waals surface area contributed by atoms with E-state index in [9.17, 15) is 9.90 Å². The van der Waals surface area contributed by atoms with Crippen LogP contribution in [-0.2, 0) is 16.0 Å². The number of nitrogens with zero attached hydrogens (tertiary/aromatic N) is 4. The lowest BCUT2D eigenvalue weighted by Gasteiger charge is -2.28. The third-order valence-electron chi connectivity index (χ3n) is 6.68. The van der Waals surface area contributed by atoms with Gasteiger partial charge >= 0.3 is 5.97 Å². The average molecular weight is 509 g/mol. The smallest absolute Gasteiger partial charge is 0.337 e. The average Bonchev–Trinajstić information content (AvgIpc) is 3.31. The van der Waals surface area contributed by atoms with Gasteiger partial charge in [-0.25, -0.2) is 14.3 Å². The molecular formula is C30H28N4O4. The van der Waals surface area contributed by atoms with E-state index in [2.05, 4.69) is 0 Å². The number of fused-ring (bicyclic) bond motifs is 1. The van der Waals surface area contributed by atoms with E-state index in [0.717, 1.165) is 45.5 Å². The van der Waals surface area contributed by atoms with Gasteiger partial charge in [0, 0.05) is 46.5 Å². The molecule has 0 saturated carbocycles. The number of rotatable bonds is 5. The van der Waals surface area contributed by atoms with Gasteiger partial charge in [-0.3, -0.25) is 4.98 Å². The summed E-state index contributed by atoms with van der Waals surface area (Å²) in [5.74, 6) is -0.326. The lowest BCUT2D eigenvalue weighted by Crippen LogP contribution is -2.29. The van der Waals surface area contributed by atoms with Gasteiger partial charge in [0.15, 0.2) is 11.8 Å². The molecule has 4 heterocycles. The first-order valence-corrected chi connectivity index (χ1v) is 12.6. The number of aryl methyl sites for hydroxylation is 1. The van der Waals surface area contributed by atoms with E-state index in [4.69, 9.17) is 24.5 Å². The van der Waals surface area contributed by atoms with E-state index in [-0.39, 0.29) is 0 Å². The van der Waals surface area contributed by atoms with Gasteiger partial charge in [-0.05, 0) is 51.5 Å². The van der Waals surface area contributed by atoms with Crippen molar-refractivity contribution in [3.63, 3.8) is 0 Å². The van der Waals surface area contributed by atoms with Crippen LogP contribution in [0.3, 0.4) is 0 Å². The third-order valence-corrected chi connectivity index (χ3v) is 6.68. The lowest BCUT2D eigenvalue weighted by atomic mass is 9.94. The number of benzene rings is 2. The molecule has 3 aromatic heterocycles. The van der Waals surface area contributed by atoms with E-state index in [1.165, 1.54) is 0 Å². The number of pyridine rings is 1. The SMILES string of the molecule is Cc1nc2cc(-c3ccccc3)nn2c(-c2ccc3c4c(ccnc24)CCO3)c1C(OC(C)(C)C)C(=O)O. The van der Waals surface area contributed by atoms with E-state index < -0.39 is 17.7 Å². The van der Waals surface area contributed by atoms with Crippen molar-refractivity contribution in [3.05, 3.63) is 77.6 Å². The fourth-order valence-corrected chi connectivity index (χ4v) is 5.14. The second kappa shape index (κ2) is 8.92. The lowest BCUT2D eigenvalue weighted by molar-refractivity contribution is -0.160. The van der Waals surface area contributed by atoms with Gasteiger partial charge in [-0.15, -0.1) is 0 Å². The van der Waals surface area contributed by atoms with Crippen LogP contribution in [0.1, 0.15) is 43.7 Å². The zero-order valence-electron chi connectivity index (χ0n) is 21.7. The fraction of sp³-hybridized carbons (Fsp3) is 0.267. The highest BCUT2D eigenvalue weighted by molar-refractivity contribution is 6.00. The largest absolute Gasteiger partial charge is 0.493 e. The first kappa shape index (κ1) is 24.1. The van der Waals surface area contributed by atoms with Gasteiger partial charge in [-0.2, -0.15) is 5.10 Å². The molecule has 0 amide bonds. The Balaban J connectivity index is 1.72. The maximum Gasteiger partial charge on any atom is 0.337 e. The number of hydrogen-bond acceptors (Lipinski definition) is 6. The van der Waals surface area contributed by atoms with Crippen molar-refractivity contribution in [3.8, 4) is 28.3 Å². The molecule has 5 aromatic rings.